The van der Waals surface area contributed by atoms with Gasteiger partial charge in [0.1, 0.15) is 5.75 Å². The molecule has 7 nitrogen and oxygen atoms in total. The van der Waals surface area contributed by atoms with Crippen molar-refractivity contribution in [1.82, 2.24) is 0 Å². The van der Waals surface area contributed by atoms with Crippen molar-refractivity contribution >= 4 is 29.2 Å². The Bertz CT molecular complexity index is 993. The number of nitrogens with zero attached hydrogens (tertiary/aromatic N) is 1. The molecular formula is C21H19F3N2O5. The van der Waals surface area contributed by atoms with E-state index in [0.717, 1.165) is 18.2 Å². The molecule has 31 heavy (non-hydrogen) atoms. The third-order valence-corrected chi connectivity index (χ3v) is 4.65. The number of hydrogen-bond acceptors (Lipinski definition) is 5. The zero-order valence-electron chi connectivity index (χ0n) is 16.4. The number of para-hydroxylation sites is 2. The summed E-state index contributed by atoms with van der Waals surface area (Å²) in [6.07, 6.45) is -4.64. The number of carbonyl (C=O) groups excluding carboxylic acids is 3. The number of halogens is 3. The highest BCUT2D eigenvalue weighted by Gasteiger charge is 2.37. The number of nitrogens with one attached hydrogen (secondary N) is 1. The third-order valence-electron chi connectivity index (χ3n) is 4.65. The van der Waals surface area contributed by atoms with Crippen LogP contribution >= 0.6 is 0 Å². The van der Waals surface area contributed by atoms with Crippen LogP contribution in [0, 0.1) is 5.92 Å². The van der Waals surface area contributed by atoms with E-state index in [1.165, 1.54) is 18.1 Å². The highest BCUT2D eigenvalue weighted by molar-refractivity contribution is 6.01. The Morgan fingerprint density at radius 1 is 1.16 bits per heavy atom. The average molecular weight is 436 g/mol. The first-order valence-electron chi connectivity index (χ1n) is 9.26. The zero-order chi connectivity index (χ0) is 22.6. The molecule has 0 bridgehead atoms. The minimum Gasteiger partial charge on any atom is -0.495 e. The molecular weight excluding hydrogens is 417 g/mol. The van der Waals surface area contributed by atoms with E-state index in [1.54, 1.807) is 24.3 Å². The van der Waals surface area contributed by atoms with E-state index in [-0.39, 0.29) is 24.6 Å². The first-order valence-corrected chi connectivity index (χ1v) is 9.26. The van der Waals surface area contributed by atoms with Gasteiger partial charge >= 0.3 is 12.1 Å². The summed E-state index contributed by atoms with van der Waals surface area (Å²) in [7, 11) is 1.47. The Morgan fingerprint density at radius 2 is 1.90 bits per heavy atom. The van der Waals surface area contributed by atoms with Gasteiger partial charge in [0.05, 0.1) is 24.3 Å². The summed E-state index contributed by atoms with van der Waals surface area (Å²) in [5.74, 6) is -2.13. The minimum atomic E-state index is -4.55. The minimum absolute atomic E-state index is 0.0628. The number of carbonyl (C=O) groups is 3. The third kappa shape index (κ3) is 5.33. The fourth-order valence-corrected chi connectivity index (χ4v) is 3.18. The molecule has 2 amide bonds. The van der Waals surface area contributed by atoms with Crippen molar-refractivity contribution < 1.29 is 37.0 Å². The van der Waals surface area contributed by atoms with Crippen LogP contribution < -0.4 is 15.0 Å². The SMILES string of the molecule is COc1ccccc1N1C[C@@H](C(=O)OCC(=O)Nc2cccc(C(F)(F)F)c2)CC1=O. The van der Waals surface area contributed by atoms with Crippen LogP contribution in [0.3, 0.4) is 0 Å². The quantitative estimate of drug-likeness (QED) is 0.703. The van der Waals surface area contributed by atoms with Gasteiger partial charge < -0.3 is 19.7 Å². The van der Waals surface area contributed by atoms with E-state index < -0.39 is 36.1 Å². The van der Waals surface area contributed by atoms with Crippen molar-refractivity contribution in [3.05, 3.63) is 54.1 Å². The highest BCUT2D eigenvalue weighted by Crippen LogP contribution is 2.33. The molecule has 0 aromatic heterocycles. The monoisotopic (exact) mass is 436 g/mol. The Kier molecular flexibility index (Phi) is 6.47. The van der Waals surface area contributed by atoms with Gasteiger partial charge in [-0.15, -0.1) is 0 Å². The molecule has 1 aliphatic rings. The number of ether oxygens (including phenoxy) is 2. The number of methoxy groups -OCH3 is 1. The number of hydrogen-bond donors (Lipinski definition) is 1. The van der Waals surface area contributed by atoms with Crippen LogP contribution in [0.1, 0.15) is 12.0 Å². The van der Waals surface area contributed by atoms with Crippen molar-refractivity contribution in [1.29, 1.82) is 0 Å². The van der Waals surface area contributed by atoms with Crippen LogP contribution in [-0.2, 0) is 25.3 Å². The summed E-state index contributed by atoms with van der Waals surface area (Å²) in [5.41, 5.74) is -0.468. The van der Waals surface area contributed by atoms with Gasteiger partial charge in [0.25, 0.3) is 5.91 Å². The lowest BCUT2D eigenvalue weighted by atomic mass is 10.1. The summed E-state index contributed by atoms with van der Waals surface area (Å²) < 4.78 is 48.4. The van der Waals surface area contributed by atoms with Gasteiger partial charge in [0.2, 0.25) is 5.91 Å². The lowest BCUT2D eigenvalue weighted by molar-refractivity contribution is -0.151. The molecule has 164 valence electrons. The molecule has 3 rings (SSSR count). The molecule has 1 aliphatic heterocycles. The normalized spacial score (nSPS) is 16.2. The molecule has 0 saturated carbocycles. The Morgan fingerprint density at radius 3 is 2.61 bits per heavy atom. The topological polar surface area (TPSA) is 84.9 Å². The number of amides is 2. The van der Waals surface area contributed by atoms with Crippen molar-refractivity contribution in [2.45, 2.75) is 12.6 Å². The zero-order valence-corrected chi connectivity index (χ0v) is 16.4. The standard InChI is InChI=1S/C21H19F3N2O5/c1-30-17-8-3-2-7-16(17)26-11-13(9-19(26)28)20(29)31-12-18(27)25-15-6-4-5-14(10-15)21(22,23)24/h2-8,10,13H,9,11-12H2,1H3,(H,25,27)/t13-/m0/s1. The van der Waals surface area contributed by atoms with Crippen molar-refractivity contribution in [2.24, 2.45) is 5.92 Å². The maximum absolute atomic E-state index is 12.7. The molecule has 1 atom stereocenters. The summed E-state index contributed by atoms with van der Waals surface area (Å²) >= 11 is 0. The van der Waals surface area contributed by atoms with Gasteiger partial charge in [0, 0.05) is 18.7 Å². The van der Waals surface area contributed by atoms with Crippen LogP contribution in [0.15, 0.2) is 48.5 Å². The molecule has 0 spiro atoms. The molecule has 1 heterocycles. The van der Waals surface area contributed by atoms with Crippen molar-refractivity contribution in [2.75, 3.05) is 30.5 Å². The summed E-state index contributed by atoms with van der Waals surface area (Å²) in [4.78, 5) is 38.0. The molecule has 2 aromatic carbocycles. The summed E-state index contributed by atoms with van der Waals surface area (Å²) in [5, 5.41) is 2.25. The van der Waals surface area contributed by atoms with E-state index in [0.29, 0.717) is 11.4 Å². The molecule has 0 unspecified atom stereocenters. The molecule has 1 N–H and O–H groups in total. The Balaban J connectivity index is 1.55. The predicted molar refractivity (Wildman–Crippen MR) is 104 cm³/mol. The number of rotatable bonds is 6. The number of benzene rings is 2. The van der Waals surface area contributed by atoms with Gasteiger partial charge in [-0.2, -0.15) is 13.2 Å². The van der Waals surface area contributed by atoms with E-state index in [1.807, 2.05) is 0 Å². The second-order valence-corrected chi connectivity index (χ2v) is 6.81. The van der Waals surface area contributed by atoms with Crippen LogP contribution in [0.2, 0.25) is 0 Å². The Hall–Kier alpha value is -3.56. The largest absolute Gasteiger partial charge is 0.495 e. The van der Waals surface area contributed by atoms with Crippen molar-refractivity contribution in [3.8, 4) is 5.75 Å². The lowest BCUT2D eigenvalue weighted by Gasteiger charge is -2.19. The molecule has 1 fully saturated rings. The molecule has 1 saturated heterocycles. The average Bonchev–Trinajstić information content (AvgIpc) is 3.13. The van der Waals surface area contributed by atoms with E-state index in [2.05, 4.69) is 5.32 Å². The van der Waals surface area contributed by atoms with Gasteiger partial charge in [-0.1, -0.05) is 18.2 Å². The first-order chi connectivity index (χ1) is 14.7. The van der Waals surface area contributed by atoms with Gasteiger partial charge in [-0.3, -0.25) is 14.4 Å². The van der Waals surface area contributed by atoms with E-state index in [4.69, 9.17) is 9.47 Å². The van der Waals surface area contributed by atoms with Gasteiger partial charge in [-0.05, 0) is 30.3 Å². The number of esters is 1. The smallest absolute Gasteiger partial charge is 0.416 e. The highest BCUT2D eigenvalue weighted by atomic mass is 19.4. The molecule has 0 radical (unpaired) electrons. The Labute approximate surface area is 175 Å². The lowest BCUT2D eigenvalue weighted by Crippen LogP contribution is -2.28. The fourth-order valence-electron chi connectivity index (χ4n) is 3.18. The van der Waals surface area contributed by atoms with E-state index in [9.17, 15) is 27.6 Å². The molecule has 10 heteroatoms. The number of anilines is 2. The number of alkyl halides is 3. The van der Waals surface area contributed by atoms with Crippen LogP contribution in [0.4, 0.5) is 24.5 Å². The second-order valence-electron chi connectivity index (χ2n) is 6.81. The molecule has 2 aromatic rings. The van der Waals surface area contributed by atoms with Crippen LogP contribution in [0.25, 0.3) is 0 Å². The second kappa shape index (κ2) is 9.07. The van der Waals surface area contributed by atoms with Crippen molar-refractivity contribution in [3.63, 3.8) is 0 Å². The summed E-state index contributed by atoms with van der Waals surface area (Å²) in [6, 6.07) is 10.9. The maximum atomic E-state index is 12.7. The van der Waals surface area contributed by atoms with E-state index >= 15 is 0 Å². The summed E-state index contributed by atoms with van der Waals surface area (Å²) in [6.45, 7) is -0.623. The molecule has 0 aliphatic carbocycles. The fraction of sp³-hybridized carbons (Fsp3) is 0.286. The predicted octanol–water partition coefficient (Wildman–Crippen LogP) is 3.25. The van der Waals surface area contributed by atoms with Gasteiger partial charge in [0.15, 0.2) is 6.61 Å². The maximum Gasteiger partial charge on any atom is 0.416 e. The van der Waals surface area contributed by atoms with Crippen LogP contribution in [-0.4, -0.2) is 38.0 Å². The van der Waals surface area contributed by atoms with Crippen LogP contribution in [0.5, 0.6) is 5.75 Å². The first kappa shape index (κ1) is 22.1. The van der Waals surface area contributed by atoms with Gasteiger partial charge in [-0.25, -0.2) is 0 Å².